The van der Waals surface area contributed by atoms with Crippen LogP contribution in [0, 0.1) is 6.92 Å². The fraction of sp³-hybridized carbons (Fsp3) is 0.154. The third-order valence-corrected chi connectivity index (χ3v) is 3.34. The lowest BCUT2D eigenvalue weighted by Crippen LogP contribution is -2.01. The SMILES string of the molecule is Cc1ccc(C(O)c2cc(Br)ccc2Cl)cn1. The summed E-state index contributed by atoms with van der Waals surface area (Å²) in [7, 11) is 0. The number of aryl methyl sites for hydroxylation is 1. The first-order valence-electron chi connectivity index (χ1n) is 5.13. The first-order chi connectivity index (χ1) is 8.08. The molecule has 0 radical (unpaired) electrons. The van der Waals surface area contributed by atoms with Crippen LogP contribution in [-0.4, -0.2) is 10.1 Å². The Labute approximate surface area is 113 Å². The summed E-state index contributed by atoms with van der Waals surface area (Å²) in [6.45, 7) is 1.91. The third-order valence-electron chi connectivity index (χ3n) is 2.50. The molecule has 0 saturated heterocycles. The molecule has 1 aromatic carbocycles. The Hall–Kier alpha value is -0.900. The maximum atomic E-state index is 10.2. The monoisotopic (exact) mass is 311 g/mol. The highest BCUT2D eigenvalue weighted by Gasteiger charge is 2.14. The molecule has 1 atom stereocenters. The number of hydrogen-bond acceptors (Lipinski definition) is 2. The second kappa shape index (κ2) is 5.17. The molecule has 0 spiro atoms. The fourth-order valence-corrected chi connectivity index (χ4v) is 2.14. The lowest BCUT2D eigenvalue weighted by Gasteiger charge is -2.13. The second-order valence-electron chi connectivity index (χ2n) is 3.80. The van der Waals surface area contributed by atoms with Gasteiger partial charge in [-0.15, -0.1) is 0 Å². The molecule has 0 aliphatic carbocycles. The minimum absolute atomic E-state index is 0.543. The largest absolute Gasteiger partial charge is 0.384 e. The van der Waals surface area contributed by atoms with Crippen molar-refractivity contribution in [2.45, 2.75) is 13.0 Å². The van der Waals surface area contributed by atoms with Crippen LogP contribution in [-0.2, 0) is 0 Å². The Morgan fingerprint density at radius 2 is 2.06 bits per heavy atom. The van der Waals surface area contributed by atoms with Crippen LogP contribution in [0.25, 0.3) is 0 Å². The van der Waals surface area contributed by atoms with Gasteiger partial charge in [0.15, 0.2) is 0 Å². The van der Waals surface area contributed by atoms with Crippen molar-refractivity contribution < 1.29 is 5.11 Å². The van der Waals surface area contributed by atoms with E-state index in [1.165, 1.54) is 0 Å². The third kappa shape index (κ3) is 2.86. The van der Waals surface area contributed by atoms with E-state index in [2.05, 4.69) is 20.9 Å². The van der Waals surface area contributed by atoms with E-state index in [1.54, 1.807) is 12.3 Å². The maximum Gasteiger partial charge on any atom is 0.107 e. The predicted octanol–water partition coefficient (Wildman–Crippen LogP) is 3.89. The summed E-state index contributed by atoms with van der Waals surface area (Å²) < 4.78 is 0.885. The van der Waals surface area contributed by atoms with E-state index < -0.39 is 6.10 Å². The predicted molar refractivity (Wildman–Crippen MR) is 72.2 cm³/mol. The zero-order valence-corrected chi connectivity index (χ0v) is 11.5. The van der Waals surface area contributed by atoms with Gasteiger partial charge in [-0.3, -0.25) is 4.98 Å². The zero-order chi connectivity index (χ0) is 12.4. The molecule has 1 heterocycles. The average molecular weight is 313 g/mol. The number of rotatable bonds is 2. The van der Waals surface area contributed by atoms with Crippen molar-refractivity contribution in [1.82, 2.24) is 4.98 Å². The summed E-state index contributed by atoms with van der Waals surface area (Å²) in [5.41, 5.74) is 2.32. The number of hydrogen-bond donors (Lipinski definition) is 1. The molecule has 0 aliphatic rings. The quantitative estimate of drug-likeness (QED) is 0.912. The summed E-state index contributed by atoms with van der Waals surface area (Å²) in [5.74, 6) is 0. The molecule has 2 rings (SSSR count). The van der Waals surface area contributed by atoms with Crippen molar-refractivity contribution in [3.05, 3.63) is 62.8 Å². The van der Waals surface area contributed by atoms with Crippen LogP contribution in [0.15, 0.2) is 41.0 Å². The van der Waals surface area contributed by atoms with E-state index in [0.29, 0.717) is 10.6 Å². The number of nitrogens with zero attached hydrogens (tertiary/aromatic N) is 1. The molecule has 88 valence electrons. The Morgan fingerprint density at radius 3 is 2.71 bits per heavy atom. The van der Waals surface area contributed by atoms with E-state index in [-0.39, 0.29) is 0 Å². The fourth-order valence-electron chi connectivity index (χ4n) is 1.54. The lowest BCUT2D eigenvalue weighted by molar-refractivity contribution is 0.220. The van der Waals surface area contributed by atoms with Crippen molar-refractivity contribution in [3.8, 4) is 0 Å². The second-order valence-corrected chi connectivity index (χ2v) is 5.12. The van der Waals surface area contributed by atoms with E-state index in [4.69, 9.17) is 11.6 Å². The summed E-state index contributed by atoms with van der Waals surface area (Å²) >= 11 is 9.43. The molecular formula is C13H11BrClNO. The molecular weight excluding hydrogens is 302 g/mol. The van der Waals surface area contributed by atoms with Gasteiger partial charge in [0.1, 0.15) is 6.10 Å². The molecule has 1 aromatic heterocycles. The minimum atomic E-state index is -0.756. The van der Waals surface area contributed by atoms with Crippen LogP contribution >= 0.6 is 27.5 Å². The van der Waals surface area contributed by atoms with Gasteiger partial charge in [0.05, 0.1) is 0 Å². The van der Waals surface area contributed by atoms with Crippen molar-refractivity contribution in [2.75, 3.05) is 0 Å². The van der Waals surface area contributed by atoms with E-state index >= 15 is 0 Å². The van der Waals surface area contributed by atoms with Gasteiger partial charge < -0.3 is 5.11 Å². The van der Waals surface area contributed by atoms with Crippen LogP contribution in [0.1, 0.15) is 22.9 Å². The molecule has 0 saturated carbocycles. The summed E-state index contributed by atoms with van der Waals surface area (Å²) in [6, 6.07) is 9.12. The molecule has 17 heavy (non-hydrogen) atoms. The Morgan fingerprint density at radius 1 is 1.29 bits per heavy atom. The van der Waals surface area contributed by atoms with Crippen LogP contribution in [0.3, 0.4) is 0 Å². The molecule has 0 fully saturated rings. The summed E-state index contributed by atoms with van der Waals surface area (Å²) in [6.07, 6.45) is 0.908. The number of aromatic nitrogens is 1. The molecule has 0 amide bonds. The topological polar surface area (TPSA) is 33.1 Å². The van der Waals surface area contributed by atoms with Gasteiger partial charge in [-0.1, -0.05) is 33.6 Å². The number of aliphatic hydroxyl groups excluding tert-OH is 1. The van der Waals surface area contributed by atoms with Crippen LogP contribution in [0.4, 0.5) is 0 Å². The molecule has 2 nitrogen and oxygen atoms in total. The normalized spacial score (nSPS) is 12.5. The standard InChI is InChI=1S/C13H11BrClNO/c1-8-2-3-9(7-16-8)13(17)11-6-10(14)4-5-12(11)15/h2-7,13,17H,1H3. The summed E-state index contributed by atoms with van der Waals surface area (Å²) in [4.78, 5) is 4.16. The van der Waals surface area contributed by atoms with Gasteiger partial charge in [0, 0.05) is 32.5 Å². The number of aliphatic hydroxyl groups is 1. The van der Waals surface area contributed by atoms with Gasteiger partial charge >= 0.3 is 0 Å². The number of benzene rings is 1. The molecule has 0 bridgehead atoms. The molecule has 0 aliphatic heterocycles. The van der Waals surface area contributed by atoms with Crippen molar-refractivity contribution in [2.24, 2.45) is 0 Å². The highest BCUT2D eigenvalue weighted by atomic mass is 79.9. The first-order valence-corrected chi connectivity index (χ1v) is 6.30. The van der Waals surface area contributed by atoms with Crippen LogP contribution in [0.5, 0.6) is 0 Å². The van der Waals surface area contributed by atoms with Gasteiger partial charge in [-0.2, -0.15) is 0 Å². The molecule has 1 unspecified atom stereocenters. The number of halogens is 2. The van der Waals surface area contributed by atoms with Gasteiger partial charge in [-0.05, 0) is 31.2 Å². The molecule has 4 heteroatoms. The minimum Gasteiger partial charge on any atom is -0.384 e. The van der Waals surface area contributed by atoms with Gasteiger partial charge in [0.2, 0.25) is 0 Å². The van der Waals surface area contributed by atoms with E-state index in [9.17, 15) is 5.11 Å². The Balaban J connectivity index is 2.39. The highest BCUT2D eigenvalue weighted by Crippen LogP contribution is 2.30. The van der Waals surface area contributed by atoms with E-state index in [1.807, 2.05) is 31.2 Å². The Bertz CT molecular complexity index is 527. The van der Waals surface area contributed by atoms with Crippen LogP contribution in [0.2, 0.25) is 5.02 Å². The smallest absolute Gasteiger partial charge is 0.107 e. The Kier molecular flexibility index (Phi) is 3.82. The highest BCUT2D eigenvalue weighted by molar-refractivity contribution is 9.10. The number of pyridine rings is 1. The first kappa shape index (κ1) is 12.6. The summed E-state index contributed by atoms with van der Waals surface area (Å²) in [5, 5.41) is 10.8. The average Bonchev–Trinajstić information content (AvgIpc) is 2.32. The molecule has 2 aromatic rings. The van der Waals surface area contributed by atoms with Gasteiger partial charge in [-0.25, -0.2) is 0 Å². The van der Waals surface area contributed by atoms with E-state index in [0.717, 1.165) is 15.7 Å². The molecule has 1 N–H and O–H groups in total. The van der Waals surface area contributed by atoms with Crippen molar-refractivity contribution in [3.63, 3.8) is 0 Å². The van der Waals surface area contributed by atoms with Crippen molar-refractivity contribution >= 4 is 27.5 Å². The zero-order valence-electron chi connectivity index (χ0n) is 9.19. The van der Waals surface area contributed by atoms with Crippen LogP contribution < -0.4 is 0 Å². The van der Waals surface area contributed by atoms with Gasteiger partial charge in [0.25, 0.3) is 0 Å². The maximum absolute atomic E-state index is 10.2. The lowest BCUT2D eigenvalue weighted by atomic mass is 10.0. The van der Waals surface area contributed by atoms with Crippen molar-refractivity contribution in [1.29, 1.82) is 0 Å².